The van der Waals surface area contributed by atoms with Gasteiger partial charge in [-0.05, 0) is 61.9 Å². The summed E-state index contributed by atoms with van der Waals surface area (Å²) in [5, 5.41) is 0. The summed E-state index contributed by atoms with van der Waals surface area (Å²) < 4.78 is 16.7. The highest BCUT2D eigenvalue weighted by Gasteiger charge is 2.08. The molecule has 0 unspecified atom stereocenters. The molecule has 0 atom stereocenters. The lowest BCUT2D eigenvalue weighted by Crippen LogP contribution is -2.05. The second-order valence-corrected chi connectivity index (χ2v) is 10.7. The number of carbonyl (C=O) groups excluding carboxylic acids is 2. The first-order chi connectivity index (χ1) is 20.0. The van der Waals surface area contributed by atoms with Gasteiger partial charge in [-0.3, -0.25) is 4.79 Å². The van der Waals surface area contributed by atoms with Gasteiger partial charge in [0.2, 0.25) is 0 Å². The monoisotopic (exact) mass is 562 g/mol. The number of hydrogen-bond donors (Lipinski definition) is 0. The number of rotatable bonds is 22. The van der Waals surface area contributed by atoms with Crippen LogP contribution in [0.5, 0.6) is 11.5 Å². The zero-order chi connectivity index (χ0) is 29.7. The van der Waals surface area contributed by atoms with E-state index in [1.165, 1.54) is 56.9 Å². The molecular formula is C36H50O5. The number of methoxy groups -OCH3 is 1. The van der Waals surface area contributed by atoms with Gasteiger partial charge in [0.15, 0.2) is 6.29 Å². The maximum absolute atomic E-state index is 11.9. The third-order valence-corrected chi connectivity index (χ3v) is 7.14. The third-order valence-electron chi connectivity index (χ3n) is 7.14. The maximum Gasteiger partial charge on any atom is 0.333 e. The predicted octanol–water partition coefficient (Wildman–Crippen LogP) is 9.18. The van der Waals surface area contributed by atoms with E-state index < -0.39 is 0 Å². The molecule has 0 aliphatic carbocycles. The highest BCUT2D eigenvalue weighted by atomic mass is 16.5. The molecule has 0 bridgehead atoms. The first-order valence-corrected chi connectivity index (χ1v) is 15.4. The second kappa shape index (κ2) is 20.5. The SMILES string of the molecule is C=C(C)C(=O)OCCCCCCCCCCCOc1ccc(/C=C(\C=O)c2ccc(CCCCC)cc2)c(OC)c1. The summed E-state index contributed by atoms with van der Waals surface area (Å²) in [7, 11) is 1.64. The Hall–Kier alpha value is -3.34. The van der Waals surface area contributed by atoms with E-state index in [-0.39, 0.29) is 5.97 Å². The Morgan fingerprint density at radius 2 is 1.46 bits per heavy atom. The summed E-state index contributed by atoms with van der Waals surface area (Å²) in [4.78, 5) is 23.2. The van der Waals surface area contributed by atoms with Crippen LogP contribution in [0.4, 0.5) is 0 Å². The fourth-order valence-corrected chi connectivity index (χ4v) is 4.62. The Kier molecular flexibility index (Phi) is 17.0. The van der Waals surface area contributed by atoms with Crippen LogP contribution in [0.1, 0.15) is 108 Å². The molecule has 0 amide bonds. The second-order valence-electron chi connectivity index (χ2n) is 10.7. The number of hydrogen-bond acceptors (Lipinski definition) is 5. The quantitative estimate of drug-likeness (QED) is 0.0471. The van der Waals surface area contributed by atoms with Crippen molar-refractivity contribution in [1.29, 1.82) is 0 Å². The van der Waals surface area contributed by atoms with Crippen molar-refractivity contribution in [3.8, 4) is 11.5 Å². The molecule has 0 heterocycles. The zero-order valence-corrected chi connectivity index (χ0v) is 25.6. The smallest absolute Gasteiger partial charge is 0.333 e. The average Bonchev–Trinajstić information content (AvgIpc) is 2.99. The van der Waals surface area contributed by atoms with Gasteiger partial charge in [0.05, 0.1) is 20.3 Å². The molecular weight excluding hydrogens is 512 g/mol. The summed E-state index contributed by atoms with van der Waals surface area (Å²) in [5.74, 6) is 1.17. The Labute approximate surface area is 248 Å². The van der Waals surface area contributed by atoms with Crippen LogP contribution in [0, 0.1) is 0 Å². The molecule has 224 valence electrons. The van der Waals surface area contributed by atoms with E-state index in [1.807, 2.05) is 36.4 Å². The van der Waals surface area contributed by atoms with Crippen molar-refractivity contribution in [2.24, 2.45) is 0 Å². The van der Waals surface area contributed by atoms with Gasteiger partial charge >= 0.3 is 5.97 Å². The van der Waals surface area contributed by atoms with Crippen molar-refractivity contribution < 1.29 is 23.8 Å². The van der Waals surface area contributed by atoms with Gasteiger partial charge in [0.1, 0.15) is 11.5 Å². The topological polar surface area (TPSA) is 61.8 Å². The van der Waals surface area contributed by atoms with Crippen molar-refractivity contribution in [2.75, 3.05) is 20.3 Å². The molecule has 0 spiro atoms. The van der Waals surface area contributed by atoms with Crippen LogP contribution in [0.3, 0.4) is 0 Å². The molecule has 2 aromatic rings. The number of ether oxygens (including phenoxy) is 3. The molecule has 5 heteroatoms. The van der Waals surface area contributed by atoms with Crippen molar-refractivity contribution >= 4 is 23.9 Å². The summed E-state index contributed by atoms with van der Waals surface area (Å²) >= 11 is 0. The number of esters is 1. The van der Waals surface area contributed by atoms with E-state index in [2.05, 4.69) is 25.6 Å². The van der Waals surface area contributed by atoms with Gasteiger partial charge in [-0.15, -0.1) is 0 Å². The summed E-state index contributed by atoms with van der Waals surface area (Å²) in [6.45, 7) is 8.63. The van der Waals surface area contributed by atoms with Crippen LogP contribution in [-0.2, 0) is 20.7 Å². The number of unbranched alkanes of at least 4 members (excludes halogenated alkanes) is 10. The number of aryl methyl sites for hydroxylation is 1. The summed E-state index contributed by atoms with van der Waals surface area (Å²) in [6, 6.07) is 14.1. The normalized spacial score (nSPS) is 11.2. The molecule has 0 aliphatic rings. The highest BCUT2D eigenvalue weighted by molar-refractivity contribution is 6.13. The molecule has 0 aliphatic heterocycles. The average molecular weight is 563 g/mol. The van der Waals surface area contributed by atoms with Crippen LogP contribution < -0.4 is 9.47 Å². The lowest BCUT2D eigenvalue weighted by Gasteiger charge is -2.11. The molecule has 0 aromatic heterocycles. The highest BCUT2D eigenvalue weighted by Crippen LogP contribution is 2.29. The minimum absolute atomic E-state index is 0.291. The van der Waals surface area contributed by atoms with Crippen LogP contribution in [0.2, 0.25) is 0 Å². The summed E-state index contributed by atoms with van der Waals surface area (Å²) in [6.07, 6.45) is 17.8. The Balaban J connectivity index is 1.68. The van der Waals surface area contributed by atoms with E-state index in [1.54, 1.807) is 14.0 Å². The number of benzene rings is 2. The zero-order valence-electron chi connectivity index (χ0n) is 25.6. The Bertz CT molecular complexity index is 1080. The lowest BCUT2D eigenvalue weighted by atomic mass is 10.00. The molecule has 41 heavy (non-hydrogen) atoms. The predicted molar refractivity (Wildman–Crippen MR) is 169 cm³/mol. The Morgan fingerprint density at radius 1 is 0.829 bits per heavy atom. The lowest BCUT2D eigenvalue weighted by molar-refractivity contribution is -0.139. The largest absolute Gasteiger partial charge is 0.496 e. The number of allylic oxidation sites excluding steroid dienone is 1. The molecule has 0 fully saturated rings. The van der Waals surface area contributed by atoms with Crippen molar-refractivity contribution in [2.45, 2.75) is 97.3 Å². The van der Waals surface area contributed by atoms with Crippen molar-refractivity contribution in [3.05, 3.63) is 71.3 Å². The first-order valence-electron chi connectivity index (χ1n) is 15.4. The molecule has 0 saturated carbocycles. The van der Waals surface area contributed by atoms with Crippen molar-refractivity contribution in [3.63, 3.8) is 0 Å². The molecule has 0 N–H and O–H groups in total. The summed E-state index contributed by atoms with van der Waals surface area (Å²) in [5.41, 5.74) is 4.14. The van der Waals surface area contributed by atoms with Crippen molar-refractivity contribution in [1.82, 2.24) is 0 Å². The Morgan fingerprint density at radius 3 is 2.05 bits per heavy atom. The molecule has 5 nitrogen and oxygen atoms in total. The van der Waals surface area contributed by atoms with Crippen LogP contribution in [-0.4, -0.2) is 32.6 Å². The van der Waals surface area contributed by atoms with E-state index in [0.29, 0.717) is 30.1 Å². The number of aldehydes is 1. The van der Waals surface area contributed by atoms with E-state index in [4.69, 9.17) is 14.2 Å². The van der Waals surface area contributed by atoms with E-state index >= 15 is 0 Å². The van der Waals surface area contributed by atoms with Gasteiger partial charge < -0.3 is 14.2 Å². The fourth-order valence-electron chi connectivity index (χ4n) is 4.62. The van der Waals surface area contributed by atoms with E-state index in [9.17, 15) is 9.59 Å². The standard InChI is InChI=1S/C36H50O5/c1-5-6-14-17-30-18-20-31(21-19-30)33(28-37)26-32-22-23-34(27-35(32)39-4)40-24-15-12-10-8-7-9-11-13-16-25-41-36(38)29(2)3/h18-23,26-28H,2,5-17,24-25H2,1,3-4H3/b33-26+. The van der Waals surface area contributed by atoms with Crippen LogP contribution in [0.25, 0.3) is 11.6 Å². The van der Waals surface area contributed by atoms with Gasteiger partial charge in [-0.25, -0.2) is 4.79 Å². The maximum atomic E-state index is 11.9. The molecule has 2 aromatic carbocycles. The fraction of sp³-hybridized carbons (Fsp3) is 0.500. The third kappa shape index (κ3) is 13.7. The minimum Gasteiger partial charge on any atom is -0.496 e. The number of carbonyl (C=O) groups is 2. The van der Waals surface area contributed by atoms with Gasteiger partial charge in [0, 0.05) is 22.8 Å². The molecule has 0 radical (unpaired) electrons. The van der Waals surface area contributed by atoms with Gasteiger partial charge in [0.25, 0.3) is 0 Å². The molecule has 2 rings (SSSR count). The van der Waals surface area contributed by atoms with E-state index in [0.717, 1.165) is 55.3 Å². The first kappa shape index (κ1) is 33.9. The minimum atomic E-state index is -0.291. The van der Waals surface area contributed by atoms with Crippen LogP contribution in [0.15, 0.2) is 54.6 Å². The van der Waals surface area contributed by atoms with Crippen LogP contribution >= 0.6 is 0 Å². The van der Waals surface area contributed by atoms with Gasteiger partial charge in [-0.1, -0.05) is 95.6 Å². The molecule has 0 saturated heterocycles. The van der Waals surface area contributed by atoms with Gasteiger partial charge in [-0.2, -0.15) is 0 Å².